The van der Waals surface area contributed by atoms with Crippen molar-refractivity contribution in [3.8, 4) is 0 Å². The average molecular weight is 305 g/mol. The summed E-state index contributed by atoms with van der Waals surface area (Å²) in [6.45, 7) is 1.05. The van der Waals surface area contributed by atoms with Crippen LogP contribution in [0.2, 0.25) is 0 Å². The van der Waals surface area contributed by atoms with Crippen LogP contribution in [-0.4, -0.2) is 35.5 Å². The number of halogens is 3. The van der Waals surface area contributed by atoms with Crippen LogP contribution in [0.4, 0.5) is 19.1 Å². The SMILES string of the molecule is Cc1cn(C2CCCCC2)c(NCCOCC(F)(F)F)n1. The predicted octanol–water partition coefficient (Wildman–Crippen LogP) is 3.69. The van der Waals surface area contributed by atoms with Crippen molar-refractivity contribution in [2.24, 2.45) is 0 Å². The maximum atomic E-state index is 12.0. The number of aromatic nitrogens is 2. The molecular weight excluding hydrogens is 283 g/mol. The summed E-state index contributed by atoms with van der Waals surface area (Å²) in [6, 6.07) is 0.443. The number of nitrogens with one attached hydrogen (secondary N) is 1. The molecule has 1 fully saturated rings. The number of ether oxygens (including phenoxy) is 1. The van der Waals surface area contributed by atoms with Gasteiger partial charge in [-0.3, -0.25) is 0 Å². The number of hydrogen-bond donors (Lipinski definition) is 1. The molecule has 4 nitrogen and oxygen atoms in total. The fraction of sp³-hybridized carbons (Fsp3) is 0.786. The van der Waals surface area contributed by atoms with Gasteiger partial charge in [-0.2, -0.15) is 13.2 Å². The van der Waals surface area contributed by atoms with Crippen LogP contribution in [0.15, 0.2) is 6.20 Å². The van der Waals surface area contributed by atoms with Crippen molar-refractivity contribution in [1.29, 1.82) is 0 Å². The predicted molar refractivity (Wildman–Crippen MR) is 74.4 cm³/mol. The highest BCUT2D eigenvalue weighted by Crippen LogP contribution is 2.30. The first kappa shape index (κ1) is 16.1. The lowest BCUT2D eigenvalue weighted by Gasteiger charge is -2.24. The van der Waals surface area contributed by atoms with Crippen LogP contribution >= 0.6 is 0 Å². The minimum atomic E-state index is -4.27. The summed E-state index contributed by atoms with van der Waals surface area (Å²) in [5, 5.41) is 3.08. The number of imidazole rings is 1. The van der Waals surface area contributed by atoms with Gasteiger partial charge in [0.05, 0.1) is 12.3 Å². The maximum Gasteiger partial charge on any atom is 0.411 e. The summed E-state index contributed by atoms with van der Waals surface area (Å²) in [5.74, 6) is 0.731. The maximum absolute atomic E-state index is 12.0. The van der Waals surface area contributed by atoms with Gasteiger partial charge in [0.1, 0.15) is 6.61 Å². The van der Waals surface area contributed by atoms with E-state index in [1.807, 2.05) is 13.1 Å². The zero-order valence-corrected chi connectivity index (χ0v) is 12.2. The molecule has 0 spiro atoms. The van der Waals surface area contributed by atoms with Gasteiger partial charge in [-0.05, 0) is 19.8 Å². The van der Waals surface area contributed by atoms with Gasteiger partial charge in [0, 0.05) is 18.8 Å². The van der Waals surface area contributed by atoms with Crippen molar-refractivity contribution in [3.63, 3.8) is 0 Å². The Kier molecular flexibility index (Phi) is 5.50. The van der Waals surface area contributed by atoms with Crippen molar-refractivity contribution in [1.82, 2.24) is 9.55 Å². The minimum Gasteiger partial charge on any atom is -0.370 e. The molecular formula is C14H22F3N3O. The molecule has 0 atom stereocenters. The second-order valence-corrected chi connectivity index (χ2v) is 5.50. The first-order valence-electron chi connectivity index (χ1n) is 7.39. The zero-order chi connectivity index (χ0) is 15.3. The number of aryl methyl sites for hydroxylation is 1. The molecule has 0 radical (unpaired) electrons. The number of anilines is 1. The molecule has 1 aliphatic rings. The summed E-state index contributed by atoms with van der Waals surface area (Å²) in [5.41, 5.74) is 0.916. The van der Waals surface area contributed by atoms with Crippen LogP contribution in [0.1, 0.15) is 43.8 Å². The van der Waals surface area contributed by atoms with E-state index in [-0.39, 0.29) is 6.61 Å². The highest BCUT2D eigenvalue weighted by atomic mass is 19.4. The van der Waals surface area contributed by atoms with Crippen molar-refractivity contribution in [2.75, 3.05) is 25.1 Å². The third-order valence-corrected chi connectivity index (χ3v) is 3.62. The molecule has 0 amide bonds. The van der Waals surface area contributed by atoms with Gasteiger partial charge in [0.25, 0.3) is 0 Å². The Hall–Kier alpha value is -1.24. The molecule has 0 unspecified atom stereocenters. The van der Waals surface area contributed by atoms with Gasteiger partial charge in [-0.1, -0.05) is 19.3 Å². The van der Waals surface area contributed by atoms with Crippen LogP contribution in [0, 0.1) is 6.92 Å². The van der Waals surface area contributed by atoms with Gasteiger partial charge < -0.3 is 14.6 Å². The Bertz CT molecular complexity index is 439. The largest absolute Gasteiger partial charge is 0.411 e. The second-order valence-electron chi connectivity index (χ2n) is 5.50. The lowest BCUT2D eigenvalue weighted by Crippen LogP contribution is -2.21. The molecule has 0 bridgehead atoms. The average Bonchev–Trinajstić information content (AvgIpc) is 2.79. The number of hydrogen-bond acceptors (Lipinski definition) is 3. The first-order valence-corrected chi connectivity index (χ1v) is 7.39. The molecule has 1 heterocycles. The van der Waals surface area contributed by atoms with Gasteiger partial charge in [0.15, 0.2) is 0 Å². The van der Waals surface area contributed by atoms with Crippen molar-refractivity contribution in [3.05, 3.63) is 11.9 Å². The summed E-state index contributed by atoms with van der Waals surface area (Å²) in [7, 11) is 0. The summed E-state index contributed by atoms with van der Waals surface area (Å²) in [4.78, 5) is 4.41. The molecule has 120 valence electrons. The zero-order valence-electron chi connectivity index (χ0n) is 12.2. The molecule has 21 heavy (non-hydrogen) atoms. The highest BCUT2D eigenvalue weighted by molar-refractivity contribution is 5.29. The van der Waals surface area contributed by atoms with E-state index in [1.54, 1.807) is 0 Å². The van der Waals surface area contributed by atoms with Crippen LogP contribution in [0.25, 0.3) is 0 Å². The molecule has 0 aliphatic heterocycles. The van der Waals surface area contributed by atoms with Gasteiger partial charge >= 0.3 is 6.18 Å². The van der Waals surface area contributed by atoms with E-state index in [0.717, 1.165) is 24.5 Å². The molecule has 1 N–H and O–H groups in total. The summed E-state index contributed by atoms with van der Waals surface area (Å²) >= 11 is 0. The third kappa shape index (κ3) is 5.22. The van der Waals surface area contributed by atoms with E-state index in [4.69, 9.17) is 0 Å². The van der Waals surface area contributed by atoms with Crippen LogP contribution in [0.5, 0.6) is 0 Å². The highest BCUT2D eigenvalue weighted by Gasteiger charge is 2.27. The fourth-order valence-corrected chi connectivity index (χ4v) is 2.71. The topological polar surface area (TPSA) is 39.1 Å². The third-order valence-electron chi connectivity index (χ3n) is 3.62. The summed E-state index contributed by atoms with van der Waals surface area (Å²) < 4.78 is 42.6. The lowest BCUT2D eigenvalue weighted by atomic mass is 9.95. The van der Waals surface area contributed by atoms with E-state index < -0.39 is 12.8 Å². The second kappa shape index (κ2) is 7.15. The molecule has 0 aromatic carbocycles. The van der Waals surface area contributed by atoms with Crippen LogP contribution in [-0.2, 0) is 4.74 Å². The van der Waals surface area contributed by atoms with Crippen LogP contribution in [0.3, 0.4) is 0 Å². The summed E-state index contributed by atoms with van der Waals surface area (Å²) in [6.07, 6.45) is 3.72. The van der Waals surface area contributed by atoms with E-state index >= 15 is 0 Å². The first-order chi connectivity index (χ1) is 9.96. The standard InChI is InChI=1S/C14H22F3N3O/c1-11-9-20(12-5-3-2-4-6-12)13(19-11)18-7-8-21-10-14(15,16)17/h9,12H,2-8,10H2,1H3,(H,18,19). The van der Waals surface area contributed by atoms with E-state index in [0.29, 0.717) is 12.6 Å². The van der Waals surface area contributed by atoms with Crippen molar-refractivity contribution >= 4 is 5.95 Å². The molecule has 1 aromatic rings. The van der Waals surface area contributed by atoms with E-state index in [9.17, 15) is 13.2 Å². The smallest absolute Gasteiger partial charge is 0.370 e. The molecule has 1 aliphatic carbocycles. The molecule has 1 saturated carbocycles. The van der Waals surface area contributed by atoms with Crippen molar-refractivity contribution < 1.29 is 17.9 Å². The lowest BCUT2D eigenvalue weighted by molar-refractivity contribution is -0.172. The normalized spacial score (nSPS) is 17.1. The molecule has 1 aromatic heterocycles. The quantitative estimate of drug-likeness (QED) is 0.815. The monoisotopic (exact) mass is 305 g/mol. The fourth-order valence-electron chi connectivity index (χ4n) is 2.71. The minimum absolute atomic E-state index is 0.0100. The molecule has 7 heteroatoms. The van der Waals surface area contributed by atoms with Gasteiger partial charge in [-0.15, -0.1) is 0 Å². The van der Waals surface area contributed by atoms with Gasteiger partial charge in [-0.25, -0.2) is 4.98 Å². The Balaban J connectivity index is 1.82. The molecule has 2 rings (SSSR count). The van der Waals surface area contributed by atoms with E-state index in [2.05, 4.69) is 19.6 Å². The Morgan fingerprint density at radius 1 is 1.33 bits per heavy atom. The molecule has 0 saturated heterocycles. The van der Waals surface area contributed by atoms with E-state index in [1.165, 1.54) is 19.3 Å². The number of alkyl halides is 3. The number of nitrogens with zero attached hydrogens (tertiary/aromatic N) is 2. The van der Waals surface area contributed by atoms with Crippen molar-refractivity contribution in [2.45, 2.75) is 51.2 Å². The Morgan fingerprint density at radius 2 is 2.05 bits per heavy atom. The Labute approximate surface area is 122 Å². The Morgan fingerprint density at radius 3 is 2.71 bits per heavy atom. The van der Waals surface area contributed by atoms with Crippen LogP contribution < -0.4 is 5.32 Å². The number of rotatable bonds is 6. The van der Waals surface area contributed by atoms with Gasteiger partial charge in [0.2, 0.25) is 5.95 Å².